The Labute approximate surface area is 226 Å². The minimum absolute atomic E-state index is 0.0660. The molecule has 1 aliphatic heterocycles. The van der Waals surface area contributed by atoms with Crippen LogP contribution in [0.15, 0.2) is 18.3 Å². The second kappa shape index (κ2) is 9.91. The molecule has 1 amide bonds. The largest absolute Gasteiger partial charge is 0.495 e. The molecule has 0 aromatic carbocycles. The highest BCUT2D eigenvalue weighted by Gasteiger charge is 2.39. The van der Waals surface area contributed by atoms with Crippen molar-refractivity contribution in [2.45, 2.75) is 77.9 Å². The number of carbonyl (C=O) groups excluding carboxylic acids is 1. The van der Waals surface area contributed by atoms with Gasteiger partial charge in [-0.1, -0.05) is 13.8 Å². The van der Waals surface area contributed by atoms with E-state index in [2.05, 4.69) is 29.1 Å². The molecule has 39 heavy (non-hydrogen) atoms. The van der Waals surface area contributed by atoms with Crippen LogP contribution in [0, 0.1) is 17.0 Å². The van der Waals surface area contributed by atoms with Crippen LogP contribution in [0.25, 0.3) is 17.0 Å². The van der Waals surface area contributed by atoms with Gasteiger partial charge in [-0.3, -0.25) is 0 Å². The minimum Gasteiger partial charge on any atom is -0.495 e. The van der Waals surface area contributed by atoms with Gasteiger partial charge in [-0.15, -0.1) is 0 Å². The lowest BCUT2D eigenvalue weighted by atomic mass is 9.63. The number of aromatic nitrogens is 4. The van der Waals surface area contributed by atoms with E-state index in [9.17, 15) is 9.18 Å². The zero-order chi connectivity index (χ0) is 28.1. The van der Waals surface area contributed by atoms with Crippen molar-refractivity contribution in [1.82, 2.24) is 24.5 Å². The number of methoxy groups -OCH3 is 1. The summed E-state index contributed by atoms with van der Waals surface area (Å²) in [5.41, 5.74) is 1.12. The molecule has 1 N–H and O–H groups in total. The summed E-state index contributed by atoms with van der Waals surface area (Å²) in [6, 6.07) is 2.33. The third kappa shape index (κ3) is 5.62. The van der Waals surface area contributed by atoms with E-state index >= 15 is 4.39 Å². The number of amides is 1. The van der Waals surface area contributed by atoms with Crippen molar-refractivity contribution in [3.05, 3.63) is 35.7 Å². The van der Waals surface area contributed by atoms with Gasteiger partial charge < -0.3 is 19.7 Å². The molecule has 3 aromatic heterocycles. The van der Waals surface area contributed by atoms with Gasteiger partial charge in [0.2, 0.25) is 0 Å². The van der Waals surface area contributed by atoms with Crippen LogP contribution in [0.5, 0.6) is 5.75 Å². The van der Waals surface area contributed by atoms with Gasteiger partial charge in [0, 0.05) is 37.2 Å². The molecule has 1 unspecified atom stereocenters. The number of likely N-dealkylation sites (tertiary alicyclic amines) is 1. The van der Waals surface area contributed by atoms with E-state index in [1.807, 2.05) is 20.8 Å². The summed E-state index contributed by atoms with van der Waals surface area (Å²) in [6.45, 7) is 10.7. The second-order valence-electron chi connectivity index (χ2n) is 12.3. The number of imidazole rings is 1. The number of fused-ring (bicyclic) bond motifs is 1. The molecule has 0 spiro atoms. The summed E-state index contributed by atoms with van der Waals surface area (Å²) in [5.74, 6) is -0.861. The van der Waals surface area contributed by atoms with Crippen molar-refractivity contribution >= 4 is 17.6 Å². The fourth-order valence-corrected chi connectivity index (χ4v) is 5.52. The van der Waals surface area contributed by atoms with Gasteiger partial charge in [0.05, 0.1) is 13.3 Å². The molecule has 1 aliphatic carbocycles. The maximum absolute atomic E-state index is 15.1. The van der Waals surface area contributed by atoms with Crippen molar-refractivity contribution in [2.24, 2.45) is 5.41 Å². The molecule has 1 saturated heterocycles. The van der Waals surface area contributed by atoms with E-state index in [1.54, 1.807) is 22.6 Å². The Bertz CT molecular complexity index is 1390. The third-order valence-corrected chi connectivity index (χ3v) is 7.28. The van der Waals surface area contributed by atoms with Crippen LogP contribution in [0.4, 0.5) is 19.4 Å². The van der Waals surface area contributed by atoms with Gasteiger partial charge in [-0.25, -0.2) is 28.1 Å². The highest BCUT2D eigenvalue weighted by Crippen LogP contribution is 2.51. The van der Waals surface area contributed by atoms with Crippen LogP contribution in [0.3, 0.4) is 0 Å². The van der Waals surface area contributed by atoms with Gasteiger partial charge in [0.25, 0.3) is 0 Å². The molecular formula is C28H36F2N6O3. The first-order valence-electron chi connectivity index (χ1n) is 13.4. The predicted molar refractivity (Wildman–Crippen MR) is 143 cm³/mol. The quantitative estimate of drug-likeness (QED) is 0.436. The molecule has 2 aliphatic rings. The molecule has 210 valence electrons. The molecule has 1 saturated carbocycles. The first-order valence-corrected chi connectivity index (χ1v) is 13.4. The molecule has 0 radical (unpaired) electrons. The first-order chi connectivity index (χ1) is 18.3. The van der Waals surface area contributed by atoms with Crippen LogP contribution in [0.1, 0.15) is 71.9 Å². The number of hydrogen-bond acceptors (Lipinski definition) is 7. The number of pyridine rings is 1. The lowest BCUT2D eigenvalue weighted by Crippen LogP contribution is -2.47. The average molecular weight is 543 g/mol. The number of nitrogens with zero attached hydrogens (tertiary/aromatic N) is 5. The van der Waals surface area contributed by atoms with Gasteiger partial charge in [-0.2, -0.15) is 5.10 Å². The first kappa shape index (κ1) is 27.1. The predicted octanol–water partition coefficient (Wildman–Crippen LogP) is 5.79. The molecule has 1 atom stereocenters. The fraction of sp³-hybridized carbons (Fsp3) is 0.571. The van der Waals surface area contributed by atoms with E-state index < -0.39 is 23.3 Å². The van der Waals surface area contributed by atoms with Crippen molar-refractivity contribution < 1.29 is 23.0 Å². The molecular weight excluding hydrogens is 506 g/mol. The van der Waals surface area contributed by atoms with Gasteiger partial charge in [0.1, 0.15) is 28.4 Å². The Balaban J connectivity index is 1.43. The third-order valence-electron chi connectivity index (χ3n) is 7.28. The zero-order valence-corrected chi connectivity index (χ0v) is 23.3. The summed E-state index contributed by atoms with van der Waals surface area (Å²) in [4.78, 5) is 22.9. The van der Waals surface area contributed by atoms with Crippen LogP contribution >= 0.6 is 0 Å². The van der Waals surface area contributed by atoms with Crippen molar-refractivity contribution in [3.8, 4) is 17.1 Å². The molecule has 5 rings (SSSR count). The maximum Gasteiger partial charge on any atom is 0.410 e. The Hall–Kier alpha value is -3.50. The number of carbonyl (C=O) groups is 1. The number of ether oxygens (including phenoxy) is 2. The summed E-state index contributed by atoms with van der Waals surface area (Å²) >= 11 is 0. The Kier molecular flexibility index (Phi) is 6.88. The highest BCUT2D eigenvalue weighted by atomic mass is 19.1. The van der Waals surface area contributed by atoms with Crippen LogP contribution < -0.4 is 10.1 Å². The number of nitrogens with one attached hydrogen (secondary N) is 1. The van der Waals surface area contributed by atoms with Crippen molar-refractivity contribution in [3.63, 3.8) is 0 Å². The molecule has 0 bridgehead atoms. The van der Waals surface area contributed by atoms with Crippen molar-refractivity contribution in [2.75, 3.05) is 25.5 Å². The van der Waals surface area contributed by atoms with E-state index in [4.69, 9.17) is 14.6 Å². The Morgan fingerprint density at radius 3 is 2.59 bits per heavy atom. The smallest absolute Gasteiger partial charge is 0.410 e. The number of halogens is 2. The Morgan fingerprint density at radius 1 is 1.18 bits per heavy atom. The topological polar surface area (TPSA) is 93.9 Å². The monoisotopic (exact) mass is 542 g/mol. The summed E-state index contributed by atoms with van der Waals surface area (Å²) in [7, 11) is 1.60. The maximum atomic E-state index is 15.1. The van der Waals surface area contributed by atoms with Gasteiger partial charge in [0.15, 0.2) is 23.1 Å². The summed E-state index contributed by atoms with van der Waals surface area (Å²) < 4.78 is 42.6. The van der Waals surface area contributed by atoms with Crippen LogP contribution in [0.2, 0.25) is 0 Å². The second-order valence-corrected chi connectivity index (χ2v) is 12.3. The SMILES string of the molecule is COc1cc2ncc(-c3nc(NC4CCCN(C(=O)OC(C)(C)C)C4)c(F)cc3F)n2nc1C1CC(C)(C)C1. The number of hydrogen-bond donors (Lipinski definition) is 1. The summed E-state index contributed by atoms with van der Waals surface area (Å²) in [5, 5.41) is 7.86. The van der Waals surface area contributed by atoms with E-state index in [0.29, 0.717) is 43.0 Å². The summed E-state index contributed by atoms with van der Waals surface area (Å²) in [6.07, 6.45) is 4.40. The number of piperidine rings is 1. The lowest BCUT2D eigenvalue weighted by molar-refractivity contribution is 0.0206. The lowest BCUT2D eigenvalue weighted by Gasteiger charge is -2.42. The van der Waals surface area contributed by atoms with Gasteiger partial charge >= 0.3 is 6.09 Å². The minimum atomic E-state index is -0.817. The standard InChI is InChI=1S/C28H36F2N6O3/c1-27(2,3)39-26(37)35-9-7-8-17(15-35)32-25-19(30)10-18(29)24(33-25)20-14-31-22-11-21(38-6)23(34-36(20)22)16-12-28(4,5)13-16/h10-11,14,16-17H,7-9,12-13,15H2,1-6H3,(H,32,33). The molecule has 4 heterocycles. The number of rotatable bonds is 5. The number of anilines is 1. The fourth-order valence-electron chi connectivity index (χ4n) is 5.52. The molecule has 9 nitrogen and oxygen atoms in total. The molecule has 3 aromatic rings. The van der Waals surface area contributed by atoms with E-state index in [0.717, 1.165) is 24.6 Å². The van der Waals surface area contributed by atoms with E-state index in [-0.39, 0.29) is 28.9 Å². The molecule has 11 heteroatoms. The zero-order valence-electron chi connectivity index (χ0n) is 23.3. The van der Waals surface area contributed by atoms with Crippen LogP contribution in [-0.2, 0) is 4.74 Å². The van der Waals surface area contributed by atoms with Gasteiger partial charge in [-0.05, 0) is 51.9 Å². The normalized spacial score (nSPS) is 19.6. The van der Waals surface area contributed by atoms with Crippen LogP contribution in [-0.4, -0.2) is 62.4 Å². The van der Waals surface area contributed by atoms with Crippen molar-refractivity contribution in [1.29, 1.82) is 0 Å². The average Bonchev–Trinajstić information content (AvgIpc) is 3.25. The Morgan fingerprint density at radius 2 is 1.92 bits per heavy atom. The van der Waals surface area contributed by atoms with E-state index in [1.165, 1.54) is 6.20 Å². The highest BCUT2D eigenvalue weighted by molar-refractivity contribution is 5.68. The molecule has 2 fully saturated rings.